The normalized spacial score (nSPS) is 10.6. The molecule has 21 heavy (non-hydrogen) atoms. The molecule has 2 aromatic rings. The molecule has 0 aliphatic carbocycles. The largest absolute Gasteiger partial charge is 0.464 e. The zero-order chi connectivity index (χ0) is 15.4. The molecule has 0 aliphatic rings. The first kappa shape index (κ1) is 15.4. The summed E-state index contributed by atoms with van der Waals surface area (Å²) >= 11 is 1.29. The van der Waals surface area contributed by atoms with Gasteiger partial charge in [-0.05, 0) is 37.3 Å². The van der Waals surface area contributed by atoms with Gasteiger partial charge in [-0.25, -0.2) is 4.39 Å². The molecule has 0 unspecified atom stereocenters. The van der Waals surface area contributed by atoms with Crippen LogP contribution in [0.2, 0.25) is 0 Å². The Labute approximate surface area is 127 Å². The van der Waals surface area contributed by atoms with Crippen LogP contribution in [0.4, 0.5) is 10.1 Å². The molecular weight excluding hydrogens is 291 g/mol. The molecule has 0 saturated carbocycles. The van der Waals surface area contributed by atoms with Gasteiger partial charge in [0.15, 0.2) is 0 Å². The van der Waals surface area contributed by atoms with Crippen LogP contribution in [0.25, 0.3) is 0 Å². The fourth-order valence-electron chi connectivity index (χ4n) is 1.79. The van der Waals surface area contributed by atoms with Crippen molar-refractivity contribution < 1.29 is 13.6 Å². The Morgan fingerprint density at radius 3 is 2.76 bits per heavy atom. The molecule has 2 N–H and O–H groups in total. The van der Waals surface area contributed by atoms with E-state index >= 15 is 0 Å². The van der Waals surface area contributed by atoms with Crippen LogP contribution in [0, 0.1) is 12.7 Å². The number of carbonyl (C=O) groups excluding carboxylic acids is 1. The number of nitrogens with two attached hydrogens (primary N) is 1. The van der Waals surface area contributed by atoms with E-state index in [1.165, 1.54) is 23.9 Å². The number of nitrogens with zero attached hydrogens (tertiary/aromatic N) is 1. The maximum absolute atomic E-state index is 12.9. The second-order valence-electron chi connectivity index (χ2n) is 4.73. The number of rotatable bonds is 5. The minimum Gasteiger partial charge on any atom is -0.464 e. The number of benzene rings is 1. The number of carbonyl (C=O) groups is 1. The SMILES string of the molecule is Cc1ccc(CN(C)C(=O)CSc2ccc(F)cc2N)o1. The predicted molar refractivity (Wildman–Crippen MR) is 81.5 cm³/mol. The van der Waals surface area contributed by atoms with Crippen LogP contribution in [0.3, 0.4) is 0 Å². The third-order valence-electron chi connectivity index (χ3n) is 2.94. The Morgan fingerprint density at radius 2 is 2.14 bits per heavy atom. The molecule has 0 atom stereocenters. The molecule has 4 nitrogen and oxygen atoms in total. The third-order valence-corrected chi connectivity index (χ3v) is 4.01. The van der Waals surface area contributed by atoms with E-state index in [0.29, 0.717) is 17.1 Å². The van der Waals surface area contributed by atoms with Gasteiger partial charge in [-0.1, -0.05) is 0 Å². The van der Waals surface area contributed by atoms with Gasteiger partial charge in [0, 0.05) is 17.6 Å². The van der Waals surface area contributed by atoms with E-state index in [-0.39, 0.29) is 17.5 Å². The first-order valence-electron chi connectivity index (χ1n) is 6.43. The van der Waals surface area contributed by atoms with Gasteiger partial charge in [-0.2, -0.15) is 0 Å². The van der Waals surface area contributed by atoms with Crippen molar-refractivity contribution in [3.8, 4) is 0 Å². The highest BCUT2D eigenvalue weighted by molar-refractivity contribution is 8.00. The van der Waals surface area contributed by atoms with Gasteiger partial charge in [0.25, 0.3) is 0 Å². The number of furan rings is 1. The van der Waals surface area contributed by atoms with Crippen LogP contribution in [-0.2, 0) is 11.3 Å². The molecular formula is C15H17FN2O2S. The first-order valence-corrected chi connectivity index (χ1v) is 7.41. The summed E-state index contributed by atoms with van der Waals surface area (Å²) in [5, 5.41) is 0. The Balaban J connectivity index is 1.89. The van der Waals surface area contributed by atoms with E-state index < -0.39 is 0 Å². The summed E-state index contributed by atoms with van der Waals surface area (Å²) in [6, 6.07) is 7.88. The highest BCUT2D eigenvalue weighted by Crippen LogP contribution is 2.25. The van der Waals surface area contributed by atoms with E-state index in [2.05, 4.69) is 0 Å². The van der Waals surface area contributed by atoms with E-state index in [9.17, 15) is 9.18 Å². The molecule has 1 heterocycles. The Bertz CT molecular complexity index is 642. The van der Waals surface area contributed by atoms with Crippen LogP contribution < -0.4 is 5.73 Å². The number of thioether (sulfide) groups is 1. The monoisotopic (exact) mass is 308 g/mol. The molecule has 6 heteroatoms. The second kappa shape index (κ2) is 6.67. The molecule has 0 radical (unpaired) electrons. The van der Waals surface area contributed by atoms with E-state index in [0.717, 1.165) is 11.5 Å². The molecule has 0 saturated heterocycles. The van der Waals surface area contributed by atoms with Crippen LogP contribution >= 0.6 is 11.8 Å². The summed E-state index contributed by atoms with van der Waals surface area (Å²) < 4.78 is 18.4. The Morgan fingerprint density at radius 1 is 1.38 bits per heavy atom. The van der Waals surface area contributed by atoms with Crippen molar-refractivity contribution in [2.45, 2.75) is 18.4 Å². The van der Waals surface area contributed by atoms with Gasteiger partial charge in [-0.3, -0.25) is 4.79 Å². The van der Waals surface area contributed by atoms with Gasteiger partial charge >= 0.3 is 0 Å². The zero-order valence-corrected chi connectivity index (χ0v) is 12.7. The molecule has 0 spiro atoms. The number of hydrogen-bond acceptors (Lipinski definition) is 4. The van der Waals surface area contributed by atoms with Gasteiger partial charge in [0.2, 0.25) is 5.91 Å². The van der Waals surface area contributed by atoms with Gasteiger partial charge in [-0.15, -0.1) is 11.8 Å². The van der Waals surface area contributed by atoms with Gasteiger partial charge < -0.3 is 15.1 Å². The molecule has 0 fully saturated rings. The van der Waals surface area contributed by atoms with Gasteiger partial charge in [0.05, 0.1) is 12.3 Å². The number of anilines is 1. The molecule has 112 valence electrons. The molecule has 0 aliphatic heterocycles. The molecule has 1 amide bonds. The summed E-state index contributed by atoms with van der Waals surface area (Å²) in [5.74, 6) is 1.38. The highest BCUT2D eigenvalue weighted by Gasteiger charge is 2.12. The maximum Gasteiger partial charge on any atom is 0.233 e. The Hall–Kier alpha value is -1.95. The maximum atomic E-state index is 12.9. The lowest BCUT2D eigenvalue weighted by Crippen LogP contribution is -2.27. The first-order chi connectivity index (χ1) is 9.95. The van der Waals surface area contributed by atoms with E-state index in [4.69, 9.17) is 10.2 Å². The number of aryl methyl sites for hydroxylation is 1. The number of amides is 1. The van der Waals surface area contributed by atoms with Crippen molar-refractivity contribution in [3.05, 3.63) is 47.7 Å². The fourth-order valence-corrected chi connectivity index (χ4v) is 2.68. The lowest BCUT2D eigenvalue weighted by atomic mass is 10.3. The van der Waals surface area contributed by atoms with Crippen molar-refractivity contribution in [3.63, 3.8) is 0 Å². The van der Waals surface area contributed by atoms with Crippen LogP contribution in [0.1, 0.15) is 11.5 Å². The topological polar surface area (TPSA) is 59.5 Å². The Kier molecular flexibility index (Phi) is 4.90. The van der Waals surface area contributed by atoms with Crippen LogP contribution in [0.5, 0.6) is 0 Å². The zero-order valence-electron chi connectivity index (χ0n) is 11.9. The summed E-state index contributed by atoms with van der Waals surface area (Å²) in [4.78, 5) is 14.3. The summed E-state index contributed by atoms with van der Waals surface area (Å²) in [7, 11) is 1.72. The molecule has 0 bridgehead atoms. The minimum atomic E-state index is -0.381. The molecule has 1 aromatic heterocycles. The summed E-state index contributed by atoms with van der Waals surface area (Å²) in [5.41, 5.74) is 6.05. The second-order valence-corrected chi connectivity index (χ2v) is 5.75. The standard InChI is InChI=1S/C15H17FN2O2S/c1-10-3-5-12(20-10)8-18(2)15(19)9-21-14-6-4-11(16)7-13(14)17/h3-7H,8-9,17H2,1-2H3. The molecule has 2 rings (SSSR count). The van der Waals surface area contributed by atoms with E-state index in [1.54, 1.807) is 18.0 Å². The van der Waals surface area contributed by atoms with Crippen LogP contribution in [0.15, 0.2) is 39.6 Å². The number of halogens is 1. The van der Waals surface area contributed by atoms with Crippen molar-refractivity contribution in [1.29, 1.82) is 0 Å². The minimum absolute atomic E-state index is 0.0437. The lowest BCUT2D eigenvalue weighted by molar-refractivity contribution is -0.127. The smallest absolute Gasteiger partial charge is 0.233 e. The number of nitrogen functional groups attached to an aromatic ring is 1. The van der Waals surface area contributed by atoms with Crippen molar-refractivity contribution in [2.24, 2.45) is 0 Å². The molecule has 1 aromatic carbocycles. The number of hydrogen-bond donors (Lipinski definition) is 1. The van der Waals surface area contributed by atoms with E-state index in [1.807, 2.05) is 19.1 Å². The highest BCUT2D eigenvalue weighted by atomic mass is 32.2. The lowest BCUT2D eigenvalue weighted by Gasteiger charge is -2.15. The quantitative estimate of drug-likeness (QED) is 0.681. The van der Waals surface area contributed by atoms with Crippen molar-refractivity contribution >= 4 is 23.4 Å². The third kappa shape index (κ3) is 4.26. The predicted octanol–water partition coefficient (Wildman–Crippen LogP) is 3.06. The summed E-state index contributed by atoms with van der Waals surface area (Å²) in [6.07, 6.45) is 0. The average Bonchev–Trinajstić information content (AvgIpc) is 2.82. The summed E-state index contributed by atoms with van der Waals surface area (Å²) in [6.45, 7) is 2.28. The van der Waals surface area contributed by atoms with Crippen molar-refractivity contribution in [2.75, 3.05) is 18.5 Å². The fraction of sp³-hybridized carbons (Fsp3) is 0.267. The average molecular weight is 308 g/mol. The van der Waals surface area contributed by atoms with Gasteiger partial charge in [0.1, 0.15) is 17.3 Å². The van der Waals surface area contributed by atoms with Crippen molar-refractivity contribution in [1.82, 2.24) is 4.90 Å². The van der Waals surface area contributed by atoms with Crippen LogP contribution in [-0.4, -0.2) is 23.6 Å².